The van der Waals surface area contributed by atoms with Gasteiger partial charge in [-0.15, -0.1) is 0 Å². The number of rotatable bonds is 5. The van der Waals surface area contributed by atoms with Gasteiger partial charge in [0.05, 0.1) is 23.8 Å². The lowest BCUT2D eigenvalue weighted by molar-refractivity contribution is 0.113. The van der Waals surface area contributed by atoms with Gasteiger partial charge >= 0.3 is 0 Å². The minimum atomic E-state index is 0.424. The summed E-state index contributed by atoms with van der Waals surface area (Å²) in [5.41, 5.74) is 4.66. The Hall–Kier alpha value is -2.18. The van der Waals surface area contributed by atoms with Crippen molar-refractivity contribution in [3.05, 3.63) is 54.0 Å². The first-order chi connectivity index (χ1) is 12.6. The van der Waals surface area contributed by atoms with Crippen LogP contribution in [0.5, 0.6) is 0 Å². The van der Waals surface area contributed by atoms with Crippen molar-refractivity contribution >= 4 is 5.65 Å². The van der Waals surface area contributed by atoms with Crippen molar-refractivity contribution in [3.8, 4) is 0 Å². The van der Waals surface area contributed by atoms with Crippen molar-refractivity contribution in [2.45, 2.75) is 32.4 Å². The maximum absolute atomic E-state index is 4.71. The summed E-state index contributed by atoms with van der Waals surface area (Å²) in [7, 11) is 4.32. The molecule has 1 aliphatic rings. The van der Waals surface area contributed by atoms with Gasteiger partial charge in [0.25, 0.3) is 0 Å². The van der Waals surface area contributed by atoms with Crippen LogP contribution in [0.2, 0.25) is 0 Å². The zero-order valence-corrected chi connectivity index (χ0v) is 15.9. The maximum Gasteiger partial charge on any atom is 0.137 e. The molecule has 3 aromatic heterocycles. The topological polar surface area (TPSA) is 50.4 Å². The minimum Gasteiger partial charge on any atom is -0.336 e. The molecule has 0 amide bonds. The molecular weight excluding hydrogens is 324 g/mol. The monoisotopic (exact) mass is 352 g/mol. The first-order valence-corrected chi connectivity index (χ1v) is 9.43. The van der Waals surface area contributed by atoms with Crippen molar-refractivity contribution in [1.82, 2.24) is 29.2 Å². The summed E-state index contributed by atoms with van der Waals surface area (Å²) in [6, 6.07) is 4.61. The molecule has 26 heavy (non-hydrogen) atoms. The second-order valence-corrected chi connectivity index (χ2v) is 7.59. The van der Waals surface area contributed by atoms with Crippen molar-refractivity contribution in [2.24, 2.45) is 13.0 Å². The lowest BCUT2D eigenvalue weighted by atomic mass is 9.87. The number of aryl methyl sites for hydroxylation is 2. The predicted molar refractivity (Wildman–Crippen MR) is 103 cm³/mol. The summed E-state index contributed by atoms with van der Waals surface area (Å²) in [6.07, 6.45) is 10.7. The smallest absolute Gasteiger partial charge is 0.137 e. The largest absolute Gasteiger partial charge is 0.336 e. The Morgan fingerprint density at radius 1 is 1.23 bits per heavy atom. The van der Waals surface area contributed by atoms with E-state index in [0.717, 1.165) is 31.0 Å². The molecule has 1 saturated heterocycles. The van der Waals surface area contributed by atoms with Crippen LogP contribution in [0.3, 0.4) is 0 Å². The Kier molecular flexibility index (Phi) is 4.78. The van der Waals surface area contributed by atoms with Crippen molar-refractivity contribution in [2.75, 3.05) is 20.1 Å². The molecule has 4 rings (SSSR count). The van der Waals surface area contributed by atoms with Crippen LogP contribution >= 0.6 is 0 Å². The molecular formula is C20H28N6. The Labute approximate surface area is 154 Å². The molecule has 0 aliphatic carbocycles. The molecule has 0 unspecified atom stereocenters. The van der Waals surface area contributed by atoms with Crippen molar-refractivity contribution in [3.63, 3.8) is 0 Å². The predicted octanol–water partition coefficient (Wildman–Crippen LogP) is 2.55. The lowest BCUT2D eigenvalue weighted by Gasteiger charge is -2.39. The third-order valence-corrected chi connectivity index (χ3v) is 5.53. The molecule has 2 atom stereocenters. The number of hydrogen-bond acceptors (Lipinski definition) is 4. The van der Waals surface area contributed by atoms with Gasteiger partial charge in [0.1, 0.15) is 5.65 Å². The molecule has 6 heteroatoms. The number of pyridine rings is 1. The third kappa shape index (κ3) is 3.39. The maximum atomic E-state index is 4.71. The zero-order valence-electron chi connectivity index (χ0n) is 15.9. The fraction of sp³-hybridized carbons (Fsp3) is 0.500. The SMILES string of the molecule is Cc1ccc2nc(CNC[C@@H]3CCCN(C)[C@H]3c3cncn3C)cn2c1. The van der Waals surface area contributed by atoms with E-state index in [1.54, 1.807) is 0 Å². The average Bonchev–Trinajstić information content (AvgIpc) is 3.20. The van der Waals surface area contributed by atoms with Gasteiger partial charge in [-0.2, -0.15) is 0 Å². The molecule has 0 radical (unpaired) electrons. The number of nitrogens with zero attached hydrogens (tertiary/aromatic N) is 5. The molecule has 6 nitrogen and oxygen atoms in total. The number of nitrogens with one attached hydrogen (secondary N) is 1. The van der Waals surface area contributed by atoms with Crippen LogP contribution in [0.1, 0.15) is 35.8 Å². The molecule has 0 aromatic carbocycles. The standard InChI is InChI=1S/C20H28N6/c1-15-6-7-19-23-17(13-26(19)12-15)10-21-9-16-5-4-8-24(2)20(16)18-11-22-14-25(18)3/h6-7,11-14,16,20-21H,4-5,8-10H2,1-3H3/t16-,20+/m0/s1. The first-order valence-electron chi connectivity index (χ1n) is 9.43. The Balaban J connectivity index is 1.42. The first kappa shape index (κ1) is 17.2. The zero-order chi connectivity index (χ0) is 18.1. The van der Waals surface area contributed by atoms with Gasteiger partial charge in [-0.25, -0.2) is 9.97 Å². The highest BCUT2D eigenvalue weighted by atomic mass is 15.2. The van der Waals surface area contributed by atoms with Crippen LogP contribution in [0.25, 0.3) is 5.65 Å². The average molecular weight is 352 g/mol. The molecule has 1 aliphatic heterocycles. The van der Waals surface area contributed by atoms with E-state index in [2.05, 4.69) is 69.7 Å². The fourth-order valence-corrected chi connectivity index (χ4v) is 4.22. The van der Waals surface area contributed by atoms with Gasteiger partial charge in [-0.1, -0.05) is 6.07 Å². The molecule has 1 N–H and O–H groups in total. The van der Waals surface area contributed by atoms with E-state index in [4.69, 9.17) is 4.98 Å². The van der Waals surface area contributed by atoms with Crippen LogP contribution < -0.4 is 5.32 Å². The van der Waals surface area contributed by atoms with Crippen LogP contribution in [0, 0.1) is 12.8 Å². The van der Waals surface area contributed by atoms with E-state index >= 15 is 0 Å². The van der Waals surface area contributed by atoms with E-state index in [1.807, 2.05) is 12.5 Å². The number of fused-ring (bicyclic) bond motifs is 1. The molecule has 0 bridgehead atoms. The summed E-state index contributed by atoms with van der Waals surface area (Å²) in [4.78, 5) is 11.5. The van der Waals surface area contributed by atoms with E-state index in [-0.39, 0.29) is 0 Å². The van der Waals surface area contributed by atoms with Gasteiger partial charge < -0.3 is 14.3 Å². The Morgan fingerprint density at radius 2 is 2.12 bits per heavy atom. The van der Waals surface area contributed by atoms with E-state index in [0.29, 0.717) is 12.0 Å². The highest BCUT2D eigenvalue weighted by molar-refractivity contribution is 5.41. The summed E-state index contributed by atoms with van der Waals surface area (Å²) in [5, 5.41) is 3.65. The molecule has 4 heterocycles. The summed E-state index contributed by atoms with van der Waals surface area (Å²) >= 11 is 0. The molecule has 0 spiro atoms. The molecule has 138 valence electrons. The normalized spacial score (nSPS) is 21.5. The Bertz CT molecular complexity index is 879. The fourth-order valence-electron chi connectivity index (χ4n) is 4.22. The lowest BCUT2D eigenvalue weighted by Crippen LogP contribution is -2.41. The van der Waals surface area contributed by atoms with Gasteiger partial charge in [0.15, 0.2) is 0 Å². The number of hydrogen-bond donors (Lipinski definition) is 1. The van der Waals surface area contributed by atoms with Gasteiger partial charge in [-0.3, -0.25) is 4.90 Å². The summed E-state index contributed by atoms with van der Waals surface area (Å²) in [6.45, 7) is 5.06. The van der Waals surface area contributed by atoms with E-state index in [9.17, 15) is 0 Å². The van der Waals surface area contributed by atoms with E-state index < -0.39 is 0 Å². The molecule has 0 saturated carbocycles. The van der Waals surface area contributed by atoms with Crippen LogP contribution in [-0.4, -0.2) is 44.0 Å². The van der Waals surface area contributed by atoms with Crippen molar-refractivity contribution in [1.29, 1.82) is 0 Å². The van der Waals surface area contributed by atoms with Crippen molar-refractivity contribution < 1.29 is 0 Å². The summed E-state index contributed by atoms with van der Waals surface area (Å²) < 4.78 is 4.27. The highest BCUT2D eigenvalue weighted by Crippen LogP contribution is 2.34. The minimum absolute atomic E-state index is 0.424. The number of likely N-dealkylation sites (tertiary alicyclic amines) is 1. The number of piperidine rings is 1. The second-order valence-electron chi connectivity index (χ2n) is 7.59. The third-order valence-electron chi connectivity index (χ3n) is 5.53. The summed E-state index contributed by atoms with van der Waals surface area (Å²) in [5.74, 6) is 0.587. The number of aromatic nitrogens is 4. The van der Waals surface area contributed by atoms with Crippen LogP contribution in [0.4, 0.5) is 0 Å². The van der Waals surface area contributed by atoms with Crippen LogP contribution in [-0.2, 0) is 13.6 Å². The Morgan fingerprint density at radius 3 is 2.92 bits per heavy atom. The van der Waals surface area contributed by atoms with Crippen LogP contribution in [0.15, 0.2) is 37.1 Å². The molecule has 1 fully saturated rings. The second kappa shape index (κ2) is 7.21. The quantitative estimate of drug-likeness (QED) is 0.767. The highest BCUT2D eigenvalue weighted by Gasteiger charge is 2.31. The van der Waals surface area contributed by atoms with Gasteiger partial charge in [-0.05, 0) is 50.9 Å². The molecule has 3 aromatic rings. The number of imidazole rings is 2. The van der Waals surface area contributed by atoms with Gasteiger partial charge in [0.2, 0.25) is 0 Å². The van der Waals surface area contributed by atoms with Gasteiger partial charge in [0, 0.05) is 38.7 Å². The van der Waals surface area contributed by atoms with E-state index in [1.165, 1.54) is 24.1 Å².